The number of likely N-dealkylation sites (N-methyl/N-ethyl adjacent to an activating group) is 1. The van der Waals surface area contributed by atoms with Crippen LogP contribution in [0.5, 0.6) is 11.5 Å². The average Bonchev–Trinajstić information content (AvgIpc) is 3.36. The van der Waals surface area contributed by atoms with Gasteiger partial charge in [-0.2, -0.15) is 0 Å². The van der Waals surface area contributed by atoms with E-state index in [1.54, 1.807) is 18.6 Å². The SMILES string of the molecule is CN(C(=O)CCc1ccoc1)C1CC[C@@]2(O)[C@H]3Cc4ccc(O)c5c4[C@@]2(CCN3CC2CC2)[C@H]1O5. The monoisotopic (exact) mass is 478 g/mol. The molecule has 2 bridgehead atoms. The van der Waals surface area contributed by atoms with Crippen LogP contribution in [0.2, 0.25) is 0 Å². The fourth-order valence-electron chi connectivity index (χ4n) is 7.90. The number of hydrogen-bond acceptors (Lipinski definition) is 6. The molecule has 3 fully saturated rings. The van der Waals surface area contributed by atoms with Crippen molar-refractivity contribution in [1.82, 2.24) is 9.80 Å². The smallest absolute Gasteiger partial charge is 0.223 e. The zero-order valence-electron chi connectivity index (χ0n) is 20.3. The second kappa shape index (κ2) is 7.50. The summed E-state index contributed by atoms with van der Waals surface area (Å²) in [7, 11) is 1.87. The van der Waals surface area contributed by atoms with Crippen molar-refractivity contribution in [2.75, 3.05) is 20.1 Å². The van der Waals surface area contributed by atoms with Crippen LogP contribution < -0.4 is 4.74 Å². The Hall–Kier alpha value is -2.51. The minimum absolute atomic E-state index is 0.0500. The van der Waals surface area contributed by atoms with Crippen LogP contribution in [0.4, 0.5) is 0 Å². The van der Waals surface area contributed by atoms with Gasteiger partial charge in [0.2, 0.25) is 5.91 Å². The summed E-state index contributed by atoms with van der Waals surface area (Å²) in [4.78, 5) is 17.7. The summed E-state index contributed by atoms with van der Waals surface area (Å²) < 4.78 is 11.7. The zero-order chi connectivity index (χ0) is 23.9. The lowest BCUT2D eigenvalue weighted by Crippen LogP contribution is -2.78. The fraction of sp³-hybridized carbons (Fsp3) is 0.607. The molecule has 2 saturated carbocycles. The number of carbonyl (C=O) groups is 1. The van der Waals surface area contributed by atoms with E-state index >= 15 is 0 Å². The van der Waals surface area contributed by atoms with E-state index < -0.39 is 11.0 Å². The van der Waals surface area contributed by atoms with Gasteiger partial charge in [0.15, 0.2) is 11.5 Å². The molecule has 1 spiro atoms. The van der Waals surface area contributed by atoms with Crippen LogP contribution in [0.3, 0.4) is 0 Å². The van der Waals surface area contributed by atoms with Gasteiger partial charge in [0.25, 0.3) is 0 Å². The number of phenolic OH excluding ortho intramolecular Hbond substituents is 1. The number of aliphatic hydroxyl groups is 1. The van der Waals surface area contributed by atoms with Crippen molar-refractivity contribution >= 4 is 5.91 Å². The maximum atomic E-state index is 13.3. The summed E-state index contributed by atoms with van der Waals surface area (Å²) in [6, 6.07) is 5.56. The van der Waals surface area contributed by atoms with E-state index in [0.29, 0.717) is 31.4 Å². The number of benzene rings is 1. The normalized spacial score (nSPS) is 34.9. The molecule has 2 N–H and O–H groups in total. The number of aryl methyl sites for hydroxylation is 1. The highest BCUT2D eigenvalue weighted by molar-refractivity contribution is 5.77. The van der Waals surface area contributed by atoms with E-state index in [1.165, 1.54) is 18.4 Å². The number of phenols is 1. The van der Waals surface area contributed by atoms with Crippen LogP contribution in [0.1, 0.15) is 55.2 Å². The first kappa shape index (κ1) is 21.7. The van der Waals surface area contributed by atoms with E-state index in [4.69, 9.17) is 9.15 Å². The van der Waals surface area contributed by atoms with Crippen LogP contribution >= 0.6 is 0 Å². The van der Waals surface area contributed by atoms with E-state index in [9.17, 15) is 15.0 Å². The topological polar surface area (TPSA) is 86.4 Å². The molecule has 7 nitrogen and oxygen atoms in total. The molecule has 35 heavy (non-hydrogen) atoms. The number of ether oxygens (including phenoxy) is 1. The molecule has 3 heterocycles. The Bertz CT molecular complexity index is 1160. The summed E-state index contributed by atoms with van der Waals surface area (Å²) in [6.07, 6.45) is 9.47. The predicted molar refractivity (Wildman–Crippen MR) is 128 cm³/mol. The van der Waals surface area contributed by atoms with Gasteiger partial charge in [-0.15, -0.1) is 0 Å². The molecular weight excluding hydrogens is 444 g/mol. The Morgan fingerprint density at radius 2 is 2.09 bits per heavy atom. The van der Waals surface area contributed by atoms with Gasteiger partial charge in [0.05, 0.1) is 29.6 Å². The first-order valence-corrected chi connectivity index (χ1v) is 13.2. The van der Waals surface area contributed by atoms with Gasteiger partial charge < -0.3 is 24.3 Å². The molecule has 1 aromatic carbocycles. The summed E-state index contributed by atoms with van der Waals surface area (Å²) in [5, 5.41) is 23.3. The molecule has 7 rings (SSSR count). The summed E-state index contributed by atoms with van der Waals surface area (Å²) >= 11 is 0. The lowest BCUT2D eigenvalue weighted by atomic mass is 9.48. The van der Waals surface area contributed by atoms with Gasteiger partial charge in [0.1, 0.15) is 6.10 Å². The number of piperidine rings is 1. The lowest BCUT2D eigenvalue weighted by molar-refractivity contribution is -0.200. The van der Waals surface area contributed by atoms with Crippen molar-refractivity contribution in [3.05, 3.63) is 47.4 Å². The molecule has 1 unspecified atom stereocenters. The van der Waals surface area contributed by atoms with Crippen LogP contribution in [0, 0.1) is 5.92 Å². The van der Waals surface area contributed by atoms with Crippen molar-refractivity contribution in [3.8, 4) is 11.5 Å². The number of aromatic hydroxyl groups is 1. The van der Waals surface area contributed by atoms with E-state index in [0.717, 1.165) is 43.0 Å². The molecular formula is C28H34N2O5. The average molecular weight is 479 g/mol. The van der Waals surface area contributed by atoms with Crippen molar-refractivity contribution in [2.24, 2.45) is 5.92 Å². The highest BCUT2D eigenvalue weighted by Crippen LogP contribution is 2.66. The molecule has 5 aliphatic rings. The van der Waals surface area contributed by atoms with Crippen molar-refractivity contribution < 1.29 is 24.2 Å². The number of likely N-dealkylation sites (tertiary alicyclic amines) is 1. The van der Waals surface area contributed by atoms with Crippen LogP contribution in [0.15, 0.2) is 35.1 Å². The molecule has 186 valence electrons. The van der Waals surface area contributed by atoms with Crippen molar-refractivity contribution in [2.45, 2.75) is 80.6 Å². The van der Waals surface area contributed by atoms with Gasteiger partial charge in [-0.3, -0.25) is 9.69 Å². The van der Waals surface area contributed by atoms with Crippen LogP contribution in [-0.2, 0) is 23.1 Å². The standard InChI is InChI=1S/C28H34N2O5/c1-29(23(32)7-4-18-9-13-34-16-18)20-8-10-28(33)22-14-19-5-6-21(31)25-24(19)27(28,26(20)35-25)11-12-30(22)15-17-2-3-17/h5-6,9,13,16-17,20,22,26,31,33H,2-4,7-8,10-12,14-15H2,1H3/t20?,22-,26+,27+,28-/m1/s1. The molecule has 5 atom stereocenters. The minimum Gasteiger partial charge on any atom is -0.504 e. The van der Waals surface area contributed by atoms with Crippen molar-refractivity contribution in [1.29, 1.82) is 0 Å². The van der Waals surface area contributed by atoms with Gasteiger partial charge in [-0.1, -0.05) is 6.07 Å². The number of rotatable bonds is 6. The number of furan rings is 1. The second-order valence-corrected chi connectivity index (χ2v) is 11.5. The number of amides is 1. The molecule has 1 aromatic heterocycles. The maximum absolute atomic E-state index is 13.3. The van der Waals surface area contributed by atoms with Crippen LogP contribution in [0.25, 0.3) is 0 Å². The Kier molecular flexibility index (Phi) is 4.66. The summed E-state index contributed by atoms with van der Waals surface area (Å²) in [5.74, 6) is 1.50. The fourth-order valence-corrected chi connectivity index (χ4v) is 7.90. The molecule has 1 amide bonds. The number of nitrogens with zero attached hydrogens (tertiary/aromatic N) is 2. The third-order valence-corrected chi connectivity index (χ3v) is 9.83. The van der Waals surface area contributed by atoms with Gasteiger partial charge in [-0.25, -0.2) is 0 Å². The summed E-state index contributed by atoms with van der Waals surface area (Å²) in [6.45, 7) is 1.98. The zero-order valence-corrected chi connectivity index (χ0v) is 20.3. The van der Waals surface area contributed by atoms with Crippen LogP contribution in [-0.4, -0.2) is 69.8 Å². The largest absolute Gasteiger partial charge is 0.504 e. The lowest BCUT2D eigenvalue weighted by Gasteiger charge is -2.64. The quantitative estimate of drug-likeness (QED) is 0.664. The first-order valence-electron chi connectivity index (χ1n) is 13.2. The van der Waals surface area contributed by atoms with Gasteiger partial charge in [-0.05, 0) is 80.7 Å². The Labute approximate surface area is 205 Å². The van der Waals surface area contributed by atoms with E-state index in [2.05, 4.69) is 4.90 Å². The highest BCUT2D eigenvalue weighted by Gasteiger charge is 2.73. The van der Waals surface area contributed by atoms with Crippen molar-refractivity contribution in [3.63, 3.8) is 0 Å². The Morgan fingerprint density at radius 3 is 2.86 bits per heavy atom. The van der Waals surface area contributed by atoms with E-state index in [1.807, 2.05) is 24.1 Å². The highest BCUT2D eigenvalue weighted by atomic mass is 16.5. The molecule has 2 aromatic rings. The molecule has 7 heteroatoms. The number of carbonyl (C=O) groups excluding carboxylic acids is 1. The maximum Gasteiger partial charge on any atom is 0.223 e. The predicted octanol–water partition coefficient (Wildman–Crippen LogP) is 3.01. The molecule has 0 radical (unpaired) electrons. The Balaban J connectivity index is 1.25. The van der Waals surface area contributed by atoms with Gasteiger partial charge in [0, 0.05) is 31.6 Å². The molecule has 3 aliphatic carbocycles. The Morgan fingerprint density at radius 1 is 1.23 bits per heavy atom. The van der Waals surface area contributed by atoms with E-state index in [-0.39, 0.29) is 29.8 Å². The minimum atomic E-state index is -0.923. The third kappa shape index (κ3) is 2.94. The summed E-state index contributed by atoms with van der Waals surface area (Å²) in [5.41, 5.74) is 1.69. The van der Waals surface area contributed by atoms with Gasteiger partial charge >= 0.3 is 0 Å². The molecule has 1 saturated heterocycles. The first-order chi connectivity index (χ1) is 16.9. The second-order valence-electron chi connectivity index (χ2n) is 11.5. The third-order valence-electron chi connectivity index (χ3n) is 9.83. The molecule has 2 aliphatic heterocycles. The number of hydrogen-bond donors (Lipinski definition) is 2.